The number of hydrogen-bond acceptors (Lipinski definition) is 4. The molecule has 0 spiro atoms. The molecule has 2 aromatic rings. The Morgan fingerprint density at radius 2 is 1.96 bits per heavy atom. The first-order chi connectivity index (χ1) is 11.4. The molecule has 24 heavy (non-hydrogen) atoms. The van der Waals surface area contributed by atoms with Crippen LogP contribution in [0.25, 0.3) is 0 Å². The third kappa shape index (κ3) is 4.23. The summed E-state index contributed by atoms with van der Waals surface area (Å²) in [6, 6.07) is 14.3. The number of halogens is 1. The van der Waals surface area contributed by atoms with Gasteiger partial charge in [0.25, 0.3) is 5.91 Å². The number of benzene rings is 2. The number of amides is 1. The fourth-order valence-electron chi connectivity index (χ4n) is 2.22. The highest BCUT2D eigenvalue weighted by atomic mass is 79.9. The first kappa shape index (κ1) is 18.6. The van der Waals surface area contributed by atoms with Crippen LogP contribution in [-0.4, -0.2) is 15.5 Å². The molecule has 0 aliphatic rings. The normalized spacial score (nSPS) is 14.6. The minimum atomic E-state index is -3.27. The molecule has 0 bridgehead atoms. The summed E-state index contributed by atoms with van der Waals surface area (Å²) in [6.45, 7) is 2.12. The maximum absolute atomic E-state index is 12.8. The Kier molecular flexibility index (Phi) is 6.15. The van der Waals surface area contributed by atoms with Gasteiger partial charge in [-0.25, -0.2) is 8.99 Å². The third-order valence-corrected chi connectivity index (χ3v) is 6.33. The van der Waals surface area contributed by atoms with Crippen molar-refractivity contribution in [2.24, 2.45) is 5.73 Å². The molecule has 2 unspecified atom stereocenters. The van der Waals surface area contributed by atoms with Crippen LogP contribution < -0.4 is 11.1 Å². The molecular formula is C17H20BrN3O2S. The fourth-order valence-corrected chi connectivity index (χ4v) is 4.12. The minimum absolute atomic E-state index is 0.172. The Bertz CT molecular complexity index is 823. The van der Waals surface area contributed by atoms with Crippen LogP contribution in [-0.2, 0) is 16.3 Å². The zero-order valence-corrected chi connectivity index (χ0v) is 15.7. The van der Waals surface area contributed by atoms with Gasteiger partial charge in [-0.3, -0.25) is 4.79 Å². The quantitative estimate of drug-likeness (QED) is 0.680. The lowest BCUT2D eigenvalue weighted by molar-refractivity contribution is 0.0947. The molecule has 1 amide bonds. The van der Waals surface area contributed by atoms with E-state index < -0.39 is 15.1 Å². The topological polar surface area (TPSA) is 96.0 Å². The van der Waals surface area contributed by atoms with Crippen LogP contribution in [0.1, 0.15) is 29.3 Å². The van der Waals surface area contributed by atoms with Crippen LogP contribution in [0.3, 0.4) is 0 Å². The molecule has 0 saturated heterocycles. The van der Waals surface area contributed by atoms with Crippen LogP contribution in [0.15, 0.2) is 57.9 Å². The van der Waals surface area contributed by atoms with Crippen molar-refractivity contribution in [1.29, 1.82) is 4.78 Å². The first-order valence-electron chi connectivity index (χ1n) is 7.51. The van der Waals surface area contributed by atoms with Crippen LogP contribution in [0.2, 0.25) is 0 Å². The van der Waals surface area contributed by atoms with Crippen LogP contribution >= 0.6 is 15.9 Å². The maximum Gasteiger partial charge on any atom is 0.252 e. The molecule has 0 fully saturated rings. The predicted octanol–water partition coefficient (Wildman–Crippen LogP) is 3.48. The highest BCUT2D eigenvalue weighted by Gasteiger charge is 2.24. The Labute approximate surface area is 150 Å². The van der Waals surface area contributed by atoms with Gasteiger partial charge >= 0.3 is 0 Å². The number of nitrogens with two attached hydrogens (primary N) is 1. The number of nitrogens with one attached hydrogen (secondary N) is 2. The molecule has 4 N–H and O–H groups in total. The summed E-state index contributed by atoms with van der Waals surface area (Å²) in [5.41, 5.74) is 7.02. The summed E-state index contributed by atoms with van der Waals surface area (Å²) >= 11 is 3.32. The summed E-state index contributed by atoms with van der Waals surface area (Å²) in [4.78, 5) is 12.7. The average molecular weight is 410 g/mol. The van der Waals surface area contributed by atoms with Crippen molar-refractivity contribution < 1.29 is 9.00 Å². The van der Waals surface area contributed by atoms with Crippen LogP contribution in [0.4, 0.5) is 0 Å². The van der Waals surface area contributed by atoms with E-state index in [1.54, 1.807) is 19.1 Å². The van der Waals surface area contributed by atoms with E-state index in [1.807, 2.05) is 30.3 Å². The van der Waals surface area contributed by atoms with Crippen molar-refractivity contribution >= 4 is 31.6 Å². The zero-order chi connectivity index (χ0) is 17.7. The highest BCUT2D eigenvalue weighted by molar-refractivity contribution is 9.10. The van der Waals surface area contributed by atoms with Crippen LogP contribution in [0, 0.1) is 4.78 Å². The minimum Gasteiger partial charge on any atom is -0.348 e. The van der Waals surface area contributed by atoms with E-state index >= 15 is 0 Å². The third-order valence-electron chi connectivity index (χ3n) is 3.64. The number of carbonyl (C=O) groups excluding carboxylic acids is 1. The van der Waals surface area contributed by atoms with E-state index in [1.165, 1.54) is 6.07 Å². The molecule has 0 aliphatic heterocycles. The highest BCUT2D eigenvalue weighted by Crippen LogP contribution is 2.24. The van der Waals surface area contributed by atoms with E-state index in [9.17, 15) is 9.00 Å². The summed E-state index contributed by atoms with van der Waals surface area (Å²) < 4.78 is 21.6. The Morgan fingerprint density at radius 1 is 1.29 bits per heavy atom. The lowest BCUT2D eigenvalue weighted by Crippen LogP contribution is -2.31. The lowest BCUT2D eigenvalue weighted by atomic mass is 10.2. The summed E-state index contributed by atoms with van der Waals surface area (Å²) in [6.07, 6.45) is 0.392. The van der Waals surface area contributed by atoms with Crippen molar-refractivity contribution in [3.05, 3.63) is 64.1 Å². The van der Waals surface area contributed by atoms with Gasteiger partial charge < -0.3 is 11.1 Å². The molecule has 2 rings (SSSR count). The van der Waals surface area contributed by atoms with Gasteiger partial charge in [-0.15, -0.1) is 0 Å². The summed E-state index contributed by atoms with van der Waals surface area (Å²) in [7, 11) is -3.27. The van der Waals surface area contributed by atoms with E-state index in [0.29, 0.717) is 17.4 Å². The monoisotopic (exact) mass is 409 g/mol. The smallest absolute Gasteiger partial charge is 0.252 e. The number of rotatable bonds is 6. The van der Waals surface area contributed by atoms with Crippen molar-refractivity contribution in [1.82, 2.24) is 5.32 Å². The molecule has 0 heterocycles. The molecule has 0 saturated carbocycles. The molecule has 128 valence electrons. The van der Waals surface area contributed by atoms with Crippen molar-refractivity contribution in [3.8, 4) is 0 Å². The maximum atomic E-state index is 12.8. The Balaban J connectivity index is 2.32. The van der Waals surface area contributed by atoms with E-state index in [0.717, 1.165) is 5.56 Å². The van der Waals surface area contributed by atoms with E-state index in [-0.39, 0.29) is 16.4 Å². The van der Waals surface area contributed by atoms with Crippen LogP contribution in [0.5, 0.6) is 0 Å². The summed E-state index contributed by atoms with van der Waals surface area (Å²) in [5.74, 6) is -0.376. The molecule has 2 atom stereocenters. The Hall–Kier alpha value is -1.70. The van der Waals surface area contributed by atoms with Gasteiger partial charge in [0.15, 0.2) is 0 Å². The van der Waals surface area contributed by atoms with Gasteiger partial charge in [-0.2, -0.15) is 0 Å². The SMILES string of the molecule is CCC(N)S(=N)(=O)c1ccc(Br)cc1C(=O)NCc1ccccc1. The molecule has 0 aromatic heterocycles. The lowest BCUT2D eigenvalue weighted by Gasteiger charge is -2.17. The molecule has 5 nitrogen and oxygen atoms in total. The predicted molar refractivity (Wildman–Crippen MR) is 99.1 cm³/mol. The van der Waals surface area contributed by atoms with E-state index in [4.69, 9.17) is 10.5 Å². The standard InChI is InChI=1S/C17H20BrN3O2S/c1-2-16(19)24(20,23)15-9-8-13(18)10-14(15)17(22)21-11-12-6-4-3-5-7-12/h3-10,16,20H,2,11,19H2,1H3,(H,21,22). The molecule has 2 aromatic carbocycles. The van der Waals surface area contributed by atoms with Gasteiger partial charge in [0.1, 0.15) is 0 Å². The van der Waals surface area contributed by atoms with Gasteiger partial charge in [0, 0.05) is 11.0 Å². The first-order valence-corrected chi connectivity index (χ1v) is 9.92. The van der Waals surface area contributed by atoms with Gasteiger partial charge in [0.2, 0.25) is 0 Å². The largest absolute Gasteiger partial charge is 0.348 e. The number of hydrogen-bond donors (Lipinski definition) is 3. The average Bonchev–Trinajstić information content (AvgIpc) is 2.59. The second-order valence-corrected chi connectivity index (χ2v) is 8.52. The number of carbonyl (C=O) groups is 1. The zero-order valence-electron chi connectivity index (χ0n) is 13.3. The fraction of sp³-hybridized carbons (Fsp3) is 0.235. The van der Waals surface area contributed by atoms with Gasteiger partial charge in [-0.1, -0.05) is 53.2 Å². The molecule has 7 heteroatoms. The van der Waals surface area contributed by atoms with Crippen molar-refractivity contribution in [2.75, 3.05) is 0 Å². The van der Waals surface area contributed by atoms with Crippen molar-refractivity contribution in [2.45, 2.75) is 30.2 Å². The summed E-state index contributed by atoms with van der Waals surface area (Å²) in [5, 5.41) is 1.98. The van der Waals surface area contributed by atoms with Crippen molar-refractivity contribution in [3.63, 3.8) is 0 Å². The second kappa shape index (κ2) is 7.92. The van der Waals surface area contributed by atoms with Gasteiger partial charge in [0.05, 0.1) is 25.6 Å². The van der Waals surface area contributed by atoms with E-state index in [2.05, 4.69) is 21.2 Å². The second-order valence-electron chi connectivity index (χ2n) is 5.36. The van der Waals surface area contributed by atoms with Gasteiger partial charge in [-0.05, 0) is 30.2 Å². The Morgan fingerprint density at radius 3 is 2.58 bits per heavy atom. The molecule has 0 radical (unpaired) electrons. The molecule has 0 aliphatic carbocycles. The molecular weight excluding hydrogens is 390 g/mol.